The number of benzene rings is 1. The third-order valence-corrected chi connectivity index (χ3v) is 2.62. The highest BCUT2D eigenvalue weighted by molar-refractivity contribution is 5.68. The molecule has 0 aliphatic carbocycles. The molecule has 2 rings (SSSR count). The summed E-state index contributed by atoms with van der Waals surface area (Å²) < 4.78 is 0. The topological polar surface area (TPSA) is 41.4 Å². The lowest BCUT2D eigenvalue weighted by molar-refractivity contribution is 0.958. The summed E-state index contributed by atoms with van der Waals surface area (Å²) in [4.78, 5) is 8.54. The van der Waals surface area contributed by atoms with Gasteiger partial charge in [-0.1, -0.05) is 30.3 Å². The molecule has 1 aromatic carbocycles. The number of hydrogen-bond donors (Lipinski definition) is 0. The fourth-order valence-corrected chi connectivity index (χ4v) is 1.72. The molecule has 4 nitrogen and oxygen atoms in total. The Bertz CT molecular complexity index is 522. The summed E-state index contributed by atoms with van der Waals surface area (Å²) in [6, 6.07) is 10.0. The Kier molecular flexibility index (Phi) is 3.14. The number of anilines is 1. The van der Waals surface area contributed by atoms with E-state index in [0.29, 0.717) is 0 Å². The summed E-state index contributed by atoms with van der Waals surface area (Å²) in [5.74, 6) is 0.772. The van der Waals surface area contributed by atoms with Gasteiger partial charge in [-0.15, -0.1) is 0 Å². The molecule has 0 saturated carbocycles. The zero-order valence-electron chi connectivity index (χ0n) is 9.96. The summed E-state index contributed by atoms with van der Waals surface area (Å²) in [5, 5.41) is 5.49. The first kappa shape index (κ1) is 11.3. The van der Waals surface area contributed by atoms with Crippen molar-refractivity contribution in [2.45, 2.75) is 6.92 Å². The van der Waals surface area contributed by atoms with Crippen LogP contribution in [-0.2, 0) is 0 Å². The number of hydrazone groups is 1. The van der Waals surface area contributed by atoms with Crippen molar-refractivity contribution >= 4 is 12.5 Å². The lowest BCUT2D eigenvalue weighted by atomic mass is 10.1. The average molecular weight is 226 g/mol. The van der Waals surface area contributed by atoms with Crippen LogP contribution in [0.5, 0.6) is 0 Å². The molecule has 0 spiro atoms. The van der Waals surface area contributed by atoms with Crippen LogP contribution < -0.4 is 5.01 Å². The van der Waals surface area contributed by atoms with Crippen LogP contribution in [0, 0.1) is 6.92 Å². The van der Waals surface area contributed by atoms with E-state index in [2.05, 4.69) is 21.8 Å². The molecular weight excluding hydrogens is 212 g/mol. The normalized spacial score (nSPS) is 10.0. The van der Waals surface area contributed by atoms with Gasteiger partial charge in [-0.2, -0.15) is 5.10 Å². The zero-order chi connectivity index (χ0) is 12.3. The van der Waals surface area contributed by atoms with Crippen LogP contribution >= 0.6 is 0 Å². The lowest BCUT2D eigenvalue weighted by Gasteiger charge is -2.15. The SMILES string of the molecule is C=NN(C)c1ncnc(-c2ccccc2)c1C. The summed E-state index contributed by atoms with van der Waals surface area (Å²) in [6.07, 6.45) is 1.55. The highest BCUT2D eigenvalue weighted by atomic mass is 15.5. The Morgan fingerprint density at radius 1 is 1.18 bits per heavy atom. The second-order valence-electron chi connectivity index (χ2n) is 3.70. The van der Waals surface area contributed by atoms with Crippen molar-refractivity contribution in [3.05, 3.63) is 42.2 Å². The molecule has 0 atom stereocenters. The second-order valence-corrected chi connectivity index (χ2v) is 3.70. The largest absolute Gasteiger partial charge is 0.251 e. The van der Waals surface area contributed by atoms with E-state index in [0.717, 1.165) is 22.6 Å². The molecule has 0 bridgehead atoms. The van der Waals surface area contributed by atoms with Crippen molar-refractivity contribution in [3.63, 3.8) is 0 Å². The van der Waals surface area contributed by atoms with Crippen molar-refractivity contribution in [2.75, 3.05) is 12.1 Å². The number of aromatic nitrogens is 2. The maximum atomic E-state index is 4.33. The van der Waals surface area contributed by atoms with Crippen molar-refractivity contribution < 1.29 is 0 Å². The van der Waals surface area contributed by atoms with E-state index in [9.17, 15) is 0 Å². The Hall–Kier alpha value is -2.23. The van der Waals surface area contributed by atoms with Gasteiger partial charge in [0, 0.05) is 24.9 Å². The molecule has 0 radical (unpaired) electrons. The fraction of sp³-hybridized carbons (Fsp3) is 0.154. The quantitative estimate of drug-likeness (QED) is 0.596. The minimum Gasteiger partial charge on any atom is -0.251 e. The van der Waals surface area contributed by atoms with E-state index in [1.165, 1.54) is 0 Å². The molecule has 1 heterocycles. The van der Waals surface area contributed by atoms with Crippen LogP contribution in [0.2, 0.25) is 0 Å². The molecule has 2 aromatic rings. The number of nitrogens with zero attached hydrogens (tertiary/aromatic N) is 4. The van der Waals surface area contributed by atoms with Gasteiger partial charge in [-0.25, -0.2) is 9.97 Å². The van der Waals surface area contributed by atoms with E-state index in [1.807, 2.05) is 44.3 Å². The highest BCUT2D eigenvalue weighted by Gasteiger charge is 2.10. The molecule has 17 heavy (non-hydrogen) atoms. The molecule has 0 saturated heterocycles. The Morgan fingerprint density at radius 2 is 1.88 bits per heavy atom. The van der Waals surface area contributed by atoms with E-state index < -0.39 is 0 Å². The Labute approximate surface area is 101 Å². The lowest BCUT2D eigenvalue weighted by Crippen LogP contribution is -2.12. The van der Waals surface area contributed by atoms with Gasteiger partial charge in [0.2, 0.25) is 0 Å². The molecule has 1 aromatic heterocycles. The summed E-state index contributed by atoms with van der Waals surface area (Å²) in [6.45, 7) is 5.48. The zero-order valence-corrected chi connectivity index (χ0v) is 9.96. The molecule has 4 heteroatoms. The van der Waals surface area contributed by atoms with Gasteiger partial charge in [0.15, 0.2) is 5.82 Å². The van der Waals surface area contributed by atoms with E-state index in [-0.39, 0.29) is 0 Å². The van der Waals surface area contributed by atoms with E-state index >= 15 is 0 Å². The average Bonchev–Trinajstić information content (AvgIpc) is 2.39. The van der Waals surface area contributed by atoms with Crippen LogP contribution in [0.25, 0.3) is 11.3 Å². The smallest absolute Gasteiger partial charge is 0.155 e. The van der Waals surface area contributed by atoms with Crippen molar-refractivity contribution in [1.29, 1.82) is 0 Å². The van der Waals surface area contributed by atoms with Crippen LogP contribution in [0.4, 0.5) is 5.82 Å². The molecule has 0 fully saturated rings. The molecule has 86 valence electrons. The third-order valence-electron chi connectivity index (χ3n) is 2.62. The first-order valence-electron chi connectivity index (χ1n) is 5.31. The summed E-state index contributed by atoms with van der Waals surface area (Å²) in [5.41, 5.74) is 2.99. The Balaban J connectivity index is 2.54. The van der Waals surface area contributed by atoms with Crippen molar-refractivity contribution in [2.24, 2.45) is 5.10 Å². The van der Waals surface area contributed by atoms with Crippen molar-refractivity contribution in [3.8, 4) is 11.3 Å². The first-order valence-corrected chi connectivity index (χ1v) is 5.31. The van der Waals surface area contributed by atoms with Gasteiger partial charge in [-0.05, 0) is 6.92 Å². The van der Waals surface area contributed by atoms with Gasteiger partial charge in [0.05, 0.1) is 5.69 Å². The highest BCUT2D eigenvalue weighted by Crippen LogP contribution is 2.25. The van der Waals surface area contributed by atoms with Crippen LogP contribution in [0.3, 0.4) is 0 Å². The molecular formula is C13H14N4. The number of hydrogen-bond acceptors (Lipinski definition) is 4. The third kappa shape index (κ3) is 2.15. The monoisotopic (exact) mass is 226 g/mol. The van der Waals surface area contributed by atoms with Gasteiger partial charge in [0.1, 0.15) is 6.33 Å². The molecule has 0 aliphatic rings. The van der Waals surface area contributed by atoms with Crippen molar-refractivity contribution in [1.82, 2.24) is 9.97 Å². The second kappa shape index (κ2) is 4.74. The minimum absolute atomic E-state index is 0.772. The van der Waals surface area contributed by atoms with Gasteiger partial charge in [-0.3, -0.25) is 5.01 Å². The molecule has 0 amide bonds. The Morgan fingerprint density at radius 3 is 2.53 bits per heavy atom. The van der Waals surface area contributed by atoms with E-state index in [1.54, 1.807) is 11.3 Å². The molecule has 0 aliphatic heterocycles. The van der Waals surface area contributed by atoms with Gasteiger partial charge < -0.3 is 0 Å². The predicted octanol–water partition coefficient (Wildman–Crippen LogP) is 2.50. The number of rotatable bonds is 3. The van der Waals surface area contributed by atoms with Crippen LogP contribution in [0.1, 0.15) is 5.56 Å². The van der Waals surface area contributed by atoms with Gasteiger partial charge >= 0.3 is 0 Å². The molecule has 0 N–H and O–H groups in total. The van der Waals surface area contributed by atoms with E-state index in [4.69, 9.17) is 0 Å². The molecule has 0 unspecified atom stereocenters. The maximum Gasteiger partial charge on any atom is 0.155 e. The minimum atomic E-state index is 0.772. The first-order chi connectivity index (χ1) is 8.24. The van der Waals surface area contributed by atoms with Gasteiger partial charge in [0.25, 0.3) is 0 Å². The standard InChI is InChI=1S/C13H14N4/c1-10-12(11-7-5-4-6-8-11)15-9-16-13(10)17(3)14-2/h4-9H,2H2,1,3H3. The maximum absolute atomic E-state index is 4.33. The van der Waals surface area contributed by atoms with Crippen LogP contribution in [0.15, 0.2) is 41.8 Å². The summed E-state index contributed by atoms with van der Waals surface area (Å²) in [7, 11) is 1.82. The summed E-state index contributed by atoms with van der Waals surface area (Å²) >= 11 is 0. The van der Waals surface area contributed by atoms with Crippen LogP contribution in [-0.4, -0.2) is 23.7 Å². The fourth-order valence-electron chi connectivity index (χ4n) is 1.72. The predicted molar refractivity (Wildman–Crippen MR) is 70.2 cm³/mol.